The fourth-order valence-electron chi connectivity index (χ4n) is 1.89. The van der Waals surface area contributed by atoms with E-state index in [0.717, 1.165) is 30.8 Å². The predicted octanol–water partition coefficient (Wildman–Crippen LogP) is 3.26. The van der Waals surface area contributed by atoms with Crippen LogP contribution in [-0.4, -0.2) is 21.2 Å². The van der Waals surface area contributed by atoms with E-state index in [-0.39, 0.29) is 10.7 Å². The first-order valence-corrected chi connectivity index (χ1v) is 6.61. The molecule has 0 spiro atoms. The molecule has 0 saturated carbocycles. The lowest BCUT2D eigenvalue weighted by Crippen LogP contribution is -2.08. The summed E-state index contributed by atoms with van der Waals surface area (Å²) in [5.74, 6) is 0. The summed E-state index contributed by atoms with van der Waals surface area (Å²) >= 11 is 5.89. The summed E-state index contributed by atoms with van der Waals surface area (Å²) in [7, 11) is 0. The molecule has 0 unspecified atom stereocenters. The zero-order chi connectivity index (χ0) is 14.5. The molecular weight excluding hydrogens is 280 g/mol. The third-order valence-corrected chi connectivity index (χ3v) is 3.23. The first-order chi connectivity index (χ1) is 9.58. The van der Waals surface area contributed by atoms with E-state index in [0.29, 0.717) is 0 Å². The molecule has 0 aliphatic carbocycles. The van der Waals surface area contributed by atoms with Crippen molar-refractivity contribution in [3.05, 3.63) is 51.3 Å². The summed E-state index contributed by atoms with van der Waals surface area (Å²) in [6, 6.07) is 4.97. The van der Waals surface area contributed by atoms with Gasteiger partial charge in [-0.05, 0) is 31.0 Å². The van der Waals surface area contributed by atoms with Crippen molar-refractivity contribution in [1.82, 2.24) is 9.78 Å². The van der Waals surface area contributed by atoms with E-state index in [2.05, 4.69) is 10.4 Å². The largest absolute Gasteiger partial charge is 0.385 e. The minimum Gasteiger partial charge on any atom is -0.385 e. The minimum absolute atomic E-state index is 0.0637. The Kier molecular flexibility index (Phi) is 4.57. The van der Waals surface area contributed by atoms with E-state index in [1.807, 2.05) is 23.9 Å². The third-order valence-electron chi connectivity index (χ3n) is 2.93. The van der Waals surface area contributed by atoms with E-state index >= 15 is 0 Å². The summed E-state index contributed by atoms with van der Waals surface area (Å²) in [4.78, 5) is 10.3. The number of nitrogens with one attached hydrogen (secondary N) is 1. The Hall–Kier alpha value is -2.08. The zero-order valence-electron chi connectivity index (χ0n) is 11.0. The van der Waals surface area contributed by atoms with E-state index in [9.17, 15) is 10.1 Å². The van der Waals surface area contributed by atoms with Gasteiger partial charge in [0.1, 0.15) is 5.02 Å². The maximum atomic E-state index is 10.8. The number of nitro benzene ring substituents is 1. The van der Waals surface area contributed by atoms with Crippen LogP contribution in [0.2, 0.25) is 5.02 Å². The van der Waals surface area contributed by atoms with Crippen LogP contribution in [0.3, 0.4) is 0 Å². The number of anilines is 1. The molecule has 0 amide bonds. The number of benzene rings is 1. The highest BCUT2D eigenvalue weighted by atomic mass is 35.5. The standard InChI is InChI=1S/C13H15ClN4O2/c1-10-8-13(18(19)20)11(14)9-12(10)15-4-2-6-17-7-3-5-16-17/h3,5,7-9,15H,2,4,6H2,1H3. The van der Waals surface area contributed by atoms with Crippen molar-refractivity contribution in [2.45, 2.75) is 19.9 Å². The molecular formula is C13H15ClN4O2. The Bertz CT molecular complexity index is 599. The molecule has 1 aromatic carbocycles. The minimum atomic E-state index is -0.475. The normalized spacial score (nSPS) is 10.5. The molecule has 0 aliphatic heterocycles. The molecule has 6 nitrogen and oxygen atoms in total. The van der Waals surface area contributed by atoms with E-state index < -0.39 is 4.92 Å². The Morgan fingerprint density at radius 1 is 1.50 bits per heavy atom. The summed E-state index contributed by atoms with van der Waals surface area (Å²) in [6.45, 7) is 3.38. The van der Waals surface area contributed by atoms with Gasteiger partial charge in [-0.2, -0.15) is 5.10 Å². The second kappa shape index (κ2) is 6.38. The van der Waals surface area contributed by atoms with Crippen molar-refractivity contribution in [1.29, 1.82) is 0 Å². The van der Waals surface area contributed by atoms with E-state index in [1.165, 1.54) is 6.07 Å². The Morgan fingerprint density at radius 3 is 2.95 bits per heavy atom. The maximum absolute atomic E-state index is 10.8. The van der Waals surface area contributed by atoms with Gasteiger partial charge in [0.25, 0.3) is 5.69 Å². The molecule has 0 radical (unpaired) electrons. The molecule has 20 heavy (non-hydrogen) atoms. The lowest BCUT2D eigenvalue weighted by atomic mass is 10.1. The molecule has 1 N–H and O–H groups in total. The van der Waals surface area contributed by atoms with Gasteiger partial charge >= 0.3 is 0 Å². The van der Waals surface area contributed by atoms with Crippen LogP contribution in [0.1, 0.15) is 12.0 Å². The molecule has 0 saturated heterocycles. The van der Waals surface area contributed by atoms with Gasteiger partial charge in [-0.25, -0.2) is 0 Å². The predicted molar refractivity (Wildman–Crippen MR) is 78.2 cm³/mol. The van der Waals surface area contributed by atoms with Crippen LogP contribution in [0.25, 0.3) is 0 Å². The average Bonchev–Trinajstić information content (AvgIpc) is 2.90. The van der Waals surface area contributed by atoms with Crippen molar-refractivity contribution < 1.29 is 4.92 Å². The SMILES string of the molecule is Cc1cc([N+](=O)[O-])c(Cl)cc1NCCCn1cccn1. The van der Waals surface area contributed by atoms with Crippen molar-refractivity contribution in [3.8, 4) is 0 Å². The number of nitrogens with zero attached hydrogens (tertiary/aromatic N) is 3. The Balaban J connectivity index is 1.92. The summed E-state index contributed by atoms with van der Waals surface area (Å²) < 4.78 is 1.86. The van der Waals surface area contributed by atoms with Crippen LogP contribution in [0.15, 0.2) is 30.6 Å². The molecule has 0 fully saturated rings. The molecule has 106 valence electrons. The van der Waals surface area contributed by atoms with Crippen LogP contribution in [0.5, 0.6) is 0 Å². The fraction of sp³-hybridized carbons (Fsp3) is 0.308. The third kappa shape index (κ3) is 3.48. The lowest BCUT2D eigenvalue weighted by molar-refractivity contribution is -0.384. The Morgan fingerprint density at radius 2 is 2.30 bits per heavy atom. The summed E-state index contributed by atoms with van der Waals surface area (Å²) in [5, 5.41) is 18.3. The van der Waals surface area contributed by atoms with Crippen LogP contribution < -0.4 is 5.32 Å². The highest BCUT2D eigenvalue weighted by Crippen LogP contribution is 2.30. The molecule has 0 atom stereocenters. The lowest BCUT2D eigenvalue weighted by Gasteiger charge is -2.10. The average molecular weight is 295 g/mol. The maximum Gasteiger partial charge on any atom is 0.288 e. The highest BCUT2D eigenvalue weighted by molar-refractivity contribution is 6.33. The van der Waals surface area contributed by atoms with Crippen LogP contribution >= 0.6 is 11.6 Å². The molecule has 1 heterocycles. The second-order valence-corrected chi connectivity index (χ2v) is 4.83. The number of hydrogen-bond donors (Lipinski definition) is 1. The quantitative estimate of drug-likeness (QED) is 0.504. The molecule has 2 rings (SSSR count). The number of nitro groups is 1. The number of rotatable bonds is 6. The van der Waals surface area contributed by atoms with Gasteiger partial charge in [0.2, 0.25) is 0 Å². The van der Waals surface area contributed by atoms with Crippen LogP contribution in [-0.2, 0) is 6.54 Å². The molecule has 0 aliphatic rings. The van der Waals surface area contributed by atoms with Gasteiger partial charge in [-0.15, -0.1) is 0 Å². The van der Waals surface area contributed by atoms with E-state index in [4.69, 9.17) is 11.6 Å². The van der Waals surface area contributed by atoms with Gasteiger partial charge in [0, 0.05) is 37.2 Å². The van der Waals surface area contributed by atoms with Crippen LogP contribution in [0.4, 0.5) is 11.4 Å². The topological polar surface area (TPSA) is 73.0 Å². The fourth-order valence-corrected chi connectivity index (χ4v) is 2.13. The van der Waals surface area contributed by atoms with Crippen molar-refractivity contribution in [2.75, 3.05) is 11.9 Å². The molecule has 7 heteroatoms. The summed E-state index contributed by atoms with van der Waals surface area (Å²) in [5.41, 5.74) is 1.56. The number of halogens is 1. The van der Waals surface area contributed by atoms with Gasteiger partial charge in [0.05, 0.1) is 4.92 Å². The molecule has 0 bridgehead atoms. The van der Waals surface area contributed by atoms with E-state index in [1.54, 1.807) is 12.3 Å². The van der Waals surface area contributed by atoms with Crippen molar-refractivity contribution >= 4 is 23.0 Å². The van der Waals surface area contributed by atoms with Crippen LogP contribution in [0, 0.1) is 17.0 Å². The van der Waals surface area contributed by atoms with Crippen molar-refractivity contribution in [2.24, 2.45) is 0 Å². The highest BCUT2D eigenvalue weighted by Gasteiger charge is 2.14. The molecule has 2 aromatic rings. The Labute approximate surface area is 121 Å². The first kappa shape index (κ1) is 14.3. The second-order valence-electron chi connectivity index (χ2n) is 4.43. The van der Waals surface area contributed by atoms with Crippen molar-refractivity contribution in [3.63, 3.8) is 0 Å². The summed E-state index contributed by atoms with van der Waals surface area (Å²) in [6.07, 6.45) is 4.55. The molecule has 1 aromatic heterocycles. The number of aromatic nitrogens is 2. The van der Waals surface area contributed by atoms with Gasteiger partial charge in [-0.3, -0.25) is 14.8 Å². The monoisotopic (exact) mass is 294 g/mol. The number of aryl methyl sites for hydroxylation is 2. The smallest absolute Gasteiger partial charge is 0.288 e. The van der Waals surface area contributed by atoms with Gasteiger partial charge in [-0.1, -0.05) is 11.6 Å². The zero-order valence-corrected chi connectivity index (χ0v) is 11.8. The van der Waals surface area contributed by atoms with Gasteiger partial charge in [0.15, 0.2) is 0 Å². The number of hydrogen-bond acceptors (Lipinski definition) is 4. The first-order valence-electron chi connectivity index (χ1n) is 6.24. The van der Waals surface area contributed by atoms with Gasteiger partial charge < -0.3 is 5.32 Å².